The molecule has 2 atom stereocenters. The highest BCUT2D eigenvalue weighted by Gasteiger charge is 2.32. The lowest BCUT2D eigenvalue weighted by Gasteiger charge is -2.41. The molecule has 2 fully saturated rings. The molecule has 0 unspecified atom stereocenters. The maximum absolute atomic E-state index is 10.3. The summed E-state index contributed by atoms with van der Waals surface area (Å²) in [4.78, 5) is 13.6. The molecule has 1 saturated carbocycles. The van der Waals surface area contributed by atoms with Crippen LogP contribution in [0.5, 0.6) is 0 Å². The maximum atomic E-state index is 10.3. The van der Waals surface area contributed by atoms with Crippen molar-refractivity contribution < 1.29 is 5.11 Å². The van der Waals surface area contributed by atoms with Crippen LogP contribution in [0.3, 0.4) is 0 Å². The van der Waals surface area contributed by atoms with Gasteiger partial charge in [-0.3, -0.25) is 9.88 Å². The zero-order valence-corrected chi connectivity index (χ0v) is 13.8. The second-order valence-electron chi connectivity index (χ2n) is 6.89. The molecular formula is C17H28N4O. The fourth-order valence-electron chi connectivity index (χ4n) is 4.00. The SMILES string of the molecule is CN(C)c1nccnc1C1CCN([C@@H]2CCCC[C@H]2O)CC1. The Morgan fingerprint density at radius 1 is 1.05 bits per heavy atom. The molecule has 0 radical (unpaired) electrons. The van der Waals surface area contributed by atoms with E-state index in [1.54, 1.807) is 12.4 Å². The summed E-state index contributed by atoms with van der Waals surface area (Å²) in [6.45, 7) is 2.13. The van der Waals surface area contributed by atoms with Crippen molar-refractivity contribution in [2.45, 2.75) is 56.6 Å². The van der Waals surface area contributed by atoms with E-state index in [1.807, 2.05) is 14.1 Å². The third-order valence-electron chi connectivity index (χ3n) is 5.21. The van der Waals surface area contributed by atoms with Crippen molar-refractivity contribution in [1.29, 1.82) is 0 Å². The number of aromatic nitrogens is 2. The van der Waals surface area contributed by atoms with Gasteiger partial charge in [0, 0.05) is 38.4 Å². The van der Waals surface area contributed by atoms with Gasteiger partial charge in [-0.05, 0) is 38.8 Å². The van der Waals surface area contributed by atoms with E-state index in [9.17, 15) is 5.11 Å². The Labute approximate surface area is 133 Å². The lowest BCUT2D eigenvalue weighted by Crippen LogP contribution is -2.48. The predicted molar refractivity (Wildman–Crippen MR) is 88.2 cm³/mol. The summed E-state index contributed by atoms with van der Waals surface area (Å²) in [5.74, 6) is 1.49. The largest absolute Gasteiger partial charge is 0.391 e. The van der Waals surface area contributed by atoms with E-state index in [-0.39, 0.29) is 6.10 Å². The molecule has 1 aromatic rings. The summed E-state index contributed by atoms with van der Waals surface area (Å²) >= 11 is 0. The molecule has 0 aromatic carbocycles. The summed E-state index contributed by atoms with van der Waals surface area (Å²) in [7, 11) is 4.06. The second kappa shape index (κ2) is 6.92. The summed E-state index contributed by atoms with van der Waals surface area (Å²) in [5.41, 5.74) is 1.14. The molecule has 5 nitrogen and oxygen atoms in total. The first kappa shape index (κ1) is 15.7. The lowest BCUT2D eigenvalue weighted by atomic mass is 9.87. The first-order chi connectivity index (χ1) is 10.7. The Morgan fingerprint density at radius 3 is 2.41 bits per heavy atom. The van der Waals surface area contributed by atoms with Gasteiger partial charge in [-0.1, -0.05) is 12.8 Å². The quantitative estimate of drug-likeness (QED) is 0.926. The van der Waals surface area contributed by atoms with E-state index < -0.39 is 0 Å². The van der Waals surface area contributed by atoms with Crippen LogP contribution in [0.25, 0.3) is 0 Å². The number of likely N-dealkylation sites (tertiary alicyclic amines) is 1. The van der Waals surface area contributed by atoms with E-state index >= 15 is 0 Å². The van der Waals surface area contributed by atoms with Crippen molar-refractivity contribution in [3.8, 4) is 0 Å². The van der Waals surface area contributed by atoms with Crippen LogP contribution in [0.4, 0.5) is 5.82 Å². The summed E-state index contributed by atoms with van der Waals surface area (Å²) in [5, 5.41) is 10.3. The average Bonchev–Trinajstić information content (AvgIpc) is 2.55. The van der Waals surface area contributed by atoms with Gasteiger partial charge >= 0.3 is 0 Å². The van der Waals surface area contributed by atoms with Gasteiger partial charge in [0.25, 0.3) is 0 Å². The molecule has 3 rings (SSSR count). The summed E-state index contributed by atoms with van der Waals surface area (Å²) in [6, 6.07) is 0.380. The standard InChI is InChI=1S/C17H28N4O/c1-20(2)17-16(18-9-10-19-17)13-7-11-21(12-8-13)14-5-3-4-6-15(14)22/h9-10,13-15,22H,3-8,11-12H2,1-2H3/t14-,15-/m1/s1. The number of piperidine rings is 1. The zero-order valence-electron chi connectivity index (χ0n) is 13.8. The van der Waals surface area contributed by atoms with Crippen LogP contribution in [-0.4, -0.2) is 59.3 Å². The van der Waals surface area contributed by atoms with Gasteiger partial charge in [-0.15, -0.1) is 0 Å². The van der Waals surface area contributed by atoms with E-state index in [4.69, 9.17) is 0 Å². The van der Waals surface area contributed by atoms with E-state index in [0.717, 1.165) is 50.3 Å². The number of hydrogen-bond donors (Lipinski definition) is 1. The maximum Gasteiger partial charge on any atom is 0.150 e. The van der Waals surface area contributed by atoms with Crippen molar-refractivity contribution in [2.75, 3.05) is 32.1 Å². The van der Waals surface area contributed by atoms with Gasteiger partial charge in [0.1, 0.15) is 5.82 Å². The highest BCUT2D eigenvalue weighted by Crippen LogP contribution is 2.34. The minimum atomic E-state index is -0.126. The van der Waals surface area contributed by atoms with Crippen molar-refractivity contribution in [3.63, 3.8) is 0 Å². The molecule has 1 saturated heterocycles. The Balaban J connectivity index is 1.64. The van der Waals surface area contributed by atoms with Gasteiger partial charge in [0.2, 0.25) is 0 Å². The second-order valence-corrected chi connectivity index (χ2v) is 6.89. The summed E-state index contributed by atoms with van der Waals surface area (Å²) < 4.78 is 0. The highest BCUT2D eigenvalue weighted by atomic mass is 16.3. The molecule has 5 heteroatoms. The monoisotopic (exact) mass is 304 g/mol. The van der Waals surface area contributed by atoms with Crippen LogP contribution < -0.4 is 4.90 Å². The van der Waals surface area contributed by atoms with E-state index in [0.29, 0.717) is 12.0 Å². The van der Waals surface area contributed by atoms with Gasteiger partial charge in [0.05, 0.1) is 11.8 Å². The van der Waals surface area contributed by atoms with Crippen molar-refractivity contribution in [1.82, 2.24) is 14.9 Å². The Kier molecular flexibility index (Phi) is 4.93. The van der Waals surface area contributed by atoms with Crippen LogP contribution in [-0.2, 0) is 0 Å². The predicted octanol–water partition coefficient (Wildman–Crippen LogP) is 2.03. The van der Waals surface area contributed by atoms with Crippen LogP contribution in [0.1, 0.15) is 50.1 Å². The Bertz CT molecular complexity index is 485. The topological polar surface area (TPSA) is 52.5 Å². The minimum Gasteiger partial charge on any atom is -0.391 e. The lowest BCUT2D eigenvalue weighted by molar-refractivity contribution is 0.00854. The first-order valence-corrected chi connectivity index (χ1v) is 8.57. The van der Waals surface area contributed by atoms with Crippen molar-refractivity contribution in [2.24, 2.45) is 0 Å². The van der Waals surface area contributed by atoms with Crippen molar-refractivity contribution in [3.05, 3.63) is 18.1 Å². The third kappa shape index (κ3) is 3.25. The molecule has 0 spiro atoms. The molecule has 0 bridgehead atoms. The zero-order chi connectivity index (χ0) is 15.5. The normalized spacial score (nSPS) is 27.8. The van der Waals surface area contributed by atoms with E-state index in [1.165, 1.54) is 12.8 Å². The van der Waals surface area contributed by atoms with Gasteiger partial charge < -0.3 is 10.0 Å². The van der Waals surface area contributed by atoms with Gasteiger partial charge in [-0.2, -0.15) is 0 Å². The molecule has 22 heavy (non-hydrogen) atoms. The number of aliphatic hydroxyl groups is 1. The Hall–Kier alpha value is -1.20. The molecule has 1 aliphatic heterocycles. The number of rotatable bonds is 3. The number of aliphatic hydroxyl groups excluding tert-OH is 1. The van der Waals surface area contributed by atoms with Crippen molar-refractivity contribution >= 4 is 5.82 Å². The van der Waals surface area contributed by atoms with Gasteiger partial charge in [0.15, 0.2) is 0 Å². The highest BCUT2D eigenvalue weighted by molar-refractivity contribution is 5.43. The number of anilines is 1. The Morgan fingerprint density at radius 2 is 1.73 bits per heavy atom. The molecule has 0 amide bonds. The molecule has 1 aliphatic carbocycles. The third-order valence-corrected chi connectivity index (χ3v) is 5.21. The summed E-state index contributed by atoms with van der Waals surface area (Å²) in [6.07, 6.45) is 10.2. The molecule has 1 N–H and O–H groups in total. The smallest absolute Gasteiger partial charge is 0.150 e. The first-order valence-electron chi connectivity index (χ1n) is 8.57. The van der Waals surface area contributed by atoms with Gasteiger partial charge in [-0.25, -0.2) is 4.98 Å². The molecule has 2 aliphatic rings. The van der Waals surface area contributed by atoms with Crippen LogP contribution in [0.2, 0.25) is 0 Å². The van der Waals surface area contributed by atoms with Crippen LogP contribution >= 0.6 is 0 Å². The average molecular weight is 304 g/mol. The number of nitrogens with zero attached hydrogens (tertiary/aromatic N) is 4. The van der Waals surface area contributed by atoms with E-state index in [2.05, 4.69) is 19.8 Å². The fourth-order valence-corrected chi connectivity index (χ4v) is 4.00. The van der Waals surface area contributed by atoms with Crippen LogP contribution in [0.15, 0.2) is 12.4 Å². The minimum absolute atomic E-state index is 0.126. The molecular weight excluding hydrogens is 276 g/mol. The number of hydrogen-bond acceptors (Lipinski definition) is 5. The molecule has 2 heterocycles. The molecule has 1 aromatic heterocycles. The van der Waals surface area contributed by atoms with Crippen LogP contribution in [0, 0.1) is 0 Å². The molecule has 122 valence electrons. The fraction of sp³-hybridized carbons (Fsp3) is 0.765.